The Bertz CT molecular complexity index is 357. The highest BCUT2D eigenvalue weighted by Gasteiger charge is 2.01. The molecule has 0 fully saturated rings. The number of nitrogens with zero attached hydrogens (tertiary/aromatic N) is 1. The summed E-state index contributed by atoms with van der Waals surface area (Å²) >= 11 is 0. The molecular formula is C24H47NO2. The molecule has 160 valence electrons. The summed E-state index contributed by atoms with van der Waals surface area (Å²) < 4.78 is 0. The van der Waals surface area contributed by atoms with Crippen LogP contribution in [0, 0.1) is 0 Å². The molecule has 0 aromatic heterocycles. The molecule has 3 nitrogen and oxygen atoms in total. The van der Waals surface area contributed by atoms with Gasteiger partial charge in [-0.15, -0.1) is 0 Å². The van der Waals surface area contributed by atoms with Crippen LogP contribution in [0.1, 0.15) is 124 Å². The van der Waals surface area contributed by atoms with Gasteiger partial charge in [0.1, 0.15) is 11.5 Å². The number of aliphatic hydroxyl groups excluding tert-OH is 2. The number of rotatable bonds is 19. The van der Waals surface area contributed by atoms with E-state index in [4.69, 9.17) is 0 Å². The van der Waals surface area contributed by atoms with Crippen molar-refractivity contribution in [1.82, 2.24) is 4.90 Å². The van der Waals surface area contributed by atoms with Gasteiger partial charge in [-0.05, 0) is 6.42 Å². The second-order valence-electron chi connectivity index (χ2n) is 7.78. The lowest BCUT2D eigenvalue weighted by molar-refractivity contribution is 0.344. The third-order valence-corrected chi connectivity index (χ3v) is 5.12. The minimum Gasteiger partial charge on any atom is -0.511 e. The first kappa shape index (κ1) is 25.9. The fourth-order valence-corrected chi connectivity index (χ4v) is 3.22. The van der Waals surface area contributed by atoms with Crippen LogP contribution in [0.5, 0.6) is 0 Å². The van der Waals surface area contributed by atoms with Gasteiger partial charge in [-0.25, -0.2) is 0 Å². The molecular weight excluding hydrogens is 334 g/mol. The minimum absolute atomic E-state index is 0.362. The molecule has 0 atom stereocenters. The van der Waals surface area contributed by atoms with Crippen molar-refractivity contribution in [2.45, 2.75) is 124 Å². The zero-order valence-corrected chi connectivity index (χ0v) is 18.5. The number of hydrogen-bond donors (Lipinski definition) is 2. The van der Waals surface area contributed by atoms with E-state index in [1.807, 2.05) is 18.7 Å². The monoisotopic (exact) mass is 381 g/mol. The van der Waals surface area contributed by atoms with Crippen LogP contribution in [0.15, 0.2) is 23.9 Å². The Morgan fingerprint density at radius 1 is 0.556 bits per heavy atom. The van der Waals surface area contributed by atoms with Crippen LogP contribution in [0.2, 0.25) is 0 Å². The van der Waals surface area contributed by atoms with E-state index in [0.717, 1.165) is 13.0 Å². The molecule has 0 unspecified atom stereocenters. The molecule has 2 N–H and O–H groups in total. The van der Waals surface area contributed by atoms with Crippen LogP contribution in [0.3, 0.4) is 0 Å². The van der Waals surface area contributed by atoms with Crippen molar-refractivity contribution in [3.8, 4) is 0 Å². The molecule has 0 aliphatic heterocycles. The highest BCUT2D eigenvalue weighted by atomic mass is 16.3. The number of allylic oxidation sites excluding steroid dienone is 2. The van der Waals surface area contributed by atoms with Crippen LogP contribution in [-0.4, -0.2) is 21.7 Å². The molecule has 0 radical (unpaired) electrons. The summed E-state index contributed by atoms with van der Waals surface area (Å²) in [5.74, 6) is 0.723. The quantitative estimate of drug-likeness (QED) is 0.174. The molecule has 0 aromatic carbocycles. The first-order valence-corrected chi connectivity index (χ1v) is 11.7. The number of hydrogen-bond acceptors (Lipinski definition) is 3. The number of unbranched alkanes of at least 4 members (excludes halogenated alkanes) is 13. The van der Waals surface area contributed by atoms with E-state index in [9.17, 15) is 10.2 Å². The summed E-state index contributed by atoms with van der Waals surface area (Å²) in [4.78, 5) is 1.93. The Labute approximate surface area is 169 Å². The normalized spacial score (nSPS) is 12.6. The van der Waals surface area contributed by atoms with E-state index in [-0.39, 0.29) is 0 Å². The average molecular weight is 382 g/mol. The van der Waals surface area contributed by atoms with Crippen LogP contribution in [-0.2, 0) is 0 Å². The van der Waals surface area contributed by atoms with Gasteiger partial charge in [-0.2, -0.15) is 0 Å². The molecule has 27 heavy (non-hydrogen) atoms. The van der Waals surface area contributed by atoms with Gasteiger partial charge >= 0.3 is 0 Å². The molecule has 0 amide bonds. The highest BCUT2D eigenvalue weighted by Crippen LogP contribution is 2.13. The smallest absolute Gasteiger partial charge is 0.108 e. The van der Waals surface area contributed by atoms with Crippen molar-refractivity contribution in [3.63, 3.8) is 0 Å². The molecule has 3 heteroatoms. The van der Waals surface area contributed by atoms with Gasteiger partial charge < -0.3 is 15.1 Å². The van der Waals surface area contributed by atoms with E-state index in [1.54, 1.807) is 12.4 Å². The fraction of sp³-hybridized carbons (Fsp3) is 0.833. The molecule has 0 saturated carbocycles. The lowest BCUT2D eigenvalue weighted by Crippen LogP contribution is -2.13. The maximum atomic E-state index is 9.74. The van der Waals surface area contributed by atoms with Gasteiger partial charge in [0, 0.05) is 31.8 Å². The van der Waals surface area contributed by atoms with Crippen molar-refractivity contribution in [2.75, 3.05) is 6.54 Å². The molecule has 0 aromatic rings. The summed E-state index contributed by atoms with van der Waals surface area (Å²) in [5, 5.41) is 19.5. The van der Waals surface area contributed by atoms with Gasteiger partial charge in [0.05, 0.1) is 0 Å². The minimum atomic E-state index is 0.362. The van der Waals surface area contributed by atoms with Gasteiger partial charge in [-0.1, -0.05) is 104 Å². The SMILES string of the molecule is CCCCCCCCCCCCCCCCN(C=C(O)CC)C=C(O)CC. The molecule has 0 aliphatic rings. The van der Waals surface area contributed by atoms with Crippen molar-refractivity contribution >= 4 is 0 Å². The van der Waals surface area contributed by atoms with Gasteiger partial charge in [-0.3, -0.25) is 0 Å². The Balaban J connectivity index is 3.62. The Kier molecular flexibility index (Phi) is 18.8. The fourth-order valence-electron chi connectivity index (χ4n) is 3.22. The van der Waals surface area contributed by atoms with Crippen LogP contribution in [0.4, 0.5) is 0 Å². The maximum absolute atomic E-state index is 9.74. The summed E-state index contributed by atoms with van der Waals surface area (Å²) in [5.41, 5.74) is 0. The third-order valence-electron chi connectivity index (χ3n) is 5.12. The molecule has 0 saturated heterocycles. The topological polar surface area (TPSA) is 43.7 Å². The predicted molar refractivity (Wildman–Crippen MR) is 119 cm³/mol. The van der Waals surface area contributed by atoms with Gasteiger partial charge in [0.2, 0.25) is 0 Å². The van der Waals surface area contributed by atoms with Crippen molar-refractivity contribution in [1.29, 1.82) is 0 Å². The van der Waals surface area contributed by atoms with Crippen molar-refractivity contribution in [3.05, 3.63) is 23.9 Å². The zero-order valence-electron chi connectivity index (χ0n) is 18.5. The highest BCUT2D eigenvalue weighted by molar-refractivity contribution is 4.98. The maximum Gasteiger partial charge on any atom is 0.108 e. The Hall–Kier alpha value is -1.12. The third kappa shape index (κ3) is 18.0. The molecule has 0 heterocycles. The van der Waals surface area contributed by atoms with Crippen LogP contribution < -0.4 is 0 Å². The van der Waals surface area contributed by atoms with E-state index in [0.29, 0.717) is 24.4 Å². The van der Waals surface area contributed by atoms with E-state index >= 15 is 0 Å². The largest absolute Gasteiger partial charge is 0.511 e. The second-order valence-corrected chi connectivity index (χ2v) is 7.78. The van der Waals surface area contributed by atoms with E-state index in [2.05, 4.69) is 6.92 Å². The van der Waals surface area contributed by atoms with Crippen molar-refractivity contribution < 1.29 is 10.2 Å². The average Bonchev–Trinajstić information content (AvgIpc) is 2.67. The second kappa shape index (κ2) is 19.6. The summed E-state index contributed by atoms with van der Waals surface area (Å²) in [6.45, 7) is 6.99. The zero-order chi connectivity index (χ0) is 20.2. The number of aliphatic hydroxyl groups is 2. The first-order valence-electron chi connectivity index (χ1n) is 11.7. The van der Waals surface area contributed by atoms with E-state index < -0.39 is 0 Å². The predicted octanol–water partition coefficient (Wildman–Crippen LogP) is 8.39. The van der Waals surface area contributed by atoms with Crippen molar-refractivity contribution in [2.24, 2.45) is 0 Å². The standard InChI is InChI=1S/C24H47NO2/c1-4-7-8-9-10-11-12-13-14-15-16-17-18-19-20-25(21-23(26)5-2)22-24(27)6-3/h21-22,26-27H,4-20H2,1-3H3. The molecule has 0 aliphatic carbocycles. The van der Waals surface area contributed by atoms with E-state index in [1.165, 1.54) is 83.5 Å². The van der Waals surface area contributed by atoms with Crippen LogP contribution in [0.25, 0.3) is 0 Å². The first-order chi connectivity index (χ1) is 13.1. The summed E-state index contributed by atoms with van der Waals surface area (Å²) in [6, 6.07) is 0. The molecule has 0 spiro atoms. The van der Waals surface area contributed by atoms with Gasteiger partial charge in [0.25, 0.3) is 0 Å². The lowest BCUT2D eigenvalue weighted by Gasteiger charge is -2.17. The molecule has 0 bridgehead atoms. The van der Waals surface area contributed by atoms with Crippen LogP contribution >= 0.6 is 0 Å². The Morgan fingerprint density at radius 3 is 1.22 bits per heavy atom. The summed E-state index contributed by atoms with van der Waals surface area (Å²) in [7, 11) is 0. The summed E-state index contributed by atoms with van der Waals surface area (Å²) in [6.07, 6.45) is 23.7. The Morgan fingerprint density at radius 2 is 0.889 bits per heavy atom. The van der Waals surface area contributed by atoms with Gasteiger partial charge in [0.15, 0.2) is 0 Å². The lowest BCUT2D eigenvalue weighted by atomic mass is 10.0. The molecule has 0 rings (SSSR count).